The van der Waals surface area contributed by atoms with Crippen LogP contribution in [0.4, 0.5) is 0 Å². The minimum absolute atomic E-state index is 0.537. The Labute approximate surface area is 291 Å². The van der Waals surface area contributed by atoms with Crippen LogP contribution in [0.3, 0.4) is 0 Å². The Morgan fingerprint density at radius 3 is 1.46 bits per heavy atom. The van der Waals surface area contributed by atoms with E-state index in [2.05, 4.69) is 146 Å². The zero-order chi connectivity index (χ0) is 33.1. The number of para-hydroxylation sites is 2. The molecule has 0 radical (unpaired) electrons. The molecule has 10 rings (SSSR count). The Bertz CT molecular complexity index is 2450. The topological polar surface area (TPSA) is 35.0 Å². The largest absolute Gasteiger partial charge is 0.457 e. The van der Waals surface area contributed by atoms with Gasteiger partial charge in [0.1, 0.15) is 11.5 Å². The molecule has 0 saturated carbocycles. The van der Waals surface area contributed by atoms with Crippen LogP contribution in [0.25, 0.3) is 56.2 Å². The standard InChI is InChI=1S/C47H30N2O/c1-3-14-32(15-4-1)41-30-42(33-16-5-2-6-17-33)49-46(48-41)34-28-26-31(27-29-34)35-19-13-20-37-36-18-7-8-21-38(36)47(45(35)37)39-22-9-11-24-43(39)50-44-25-12-10-23-40(44)47/h1-30H. The van der Waals surface area contributed by atoms with E-state index in [1.54, 1.807) is 0 Å². The molecule has 1 aromatic heterocycles. The molecule has 2 aliphatic rings. The highest BCUT2D eigenvalue weighted by Gasteiger charge is 2.52. The van der Waals surface area contributed by atoms with Crippen LogP contribution < -0.4 is 4.74 Å². The van der Waals surface area contributed by atoms with Crippen LogP contribution in [0.15, 0.2) is 182 Å². The van der Waals surface area contributed by atoms with Crippen LogP contribution in [-0.2, 0) is 5.41 Å². The SMILES string of the molecule is c1ccc(-c2cc(-c3ccccc3)nc(-c3ccc(-c4cccc5c4C4(c6ccccc6Oc6ccccc64)c4ccccc4-5)cc3)n2)cc1. The van der Waals surface area contributed by atoms with E-state index in [0.717, 1.165) is 56.3 Å². The number of rotatable bonds is 4. The van der Waals surface area contributed by atoms with E-state index < -0.39 is 5.41 Å². The van der Waals surface area contributed by atoms with Crippen molar-refractivity contribution in [3.8, 4) is 67.7 Å². The van der Waals surface area contributed by atoms with Gasteiger partial charge in [-0.05, 0) is 51.6 Å². The summed E-state index contributed by atoms with van der Waals surface area (Å²) in [5.74, 6) is 2.48. The van der Waals surface area contributed by atoms with E-state index in [1.807, 2.05) is 36.4 Å². The van der Waals surface area contributed by atoms with Crippen LogP contribution in [-0.4, -0.2) is 9.97 Å². The number of hydrogen-bond donors (Lipinski definition) is 0. The van der Waals surface area contributed by atoms with Gasteiger partial charge in [-0.15, -0.1) is 0 Å². The molecule has 0 atom stereocenters. The third kappa shape index (κ3) is 4.23. The van der Waals surface area contributed by atoms with Crippen LogP contribution in [0.2, 0.25) is 0 Å². The molecule has 8 aromatic rings. The van der Waals surface area contributed by atoms with Gasteiger partial charge in [0.05, 0.1) is 16.8 Å². The highest BCUT2D eigenvalue weighted by molar-refractivity contribution is 5.94. The van der Waals surface area contributed by atoms with Gasteiger partial charge in [0, 0.05) is 27.8 Å². The van der Waals surface area contributed by atoms with Crippen LogP contribution in [0, 0.1) is 0 Å². The van der Waals surface area contributed by atoms with Crippen molar-refractivity contribution in [1.82, 2.24) is 9.97 Å². The van der Waals surface area contributed by atoms with Gasteiger partial charge in [-0.3, -0.25) is 0 Å². The molecular weight excluding hydrogens is 609 g/mol. The maximum absolute atomic E-state index is 6.57. The monoisotopic (exact) mass is 638 g/mol. The van der Waals surface area contributed by atoms with Crippen LogP contribution in [0.1, 0.15) is 22.3 Å². The predicted octanol–water partition coefficient (Wildman–Crippen LogP) is 11.6. The summed E-state index contributed by atoms with van der Waals surface area (Å²) in [4.78, 5) is 10.2. The lowest BCUT2D eigenvalue weighted by molar-refractivity contribution is 0.436. The fourth-order valence-corrected chi connectivity index (χ4v) is 8.04. The lowest BCUT2D eigenvalue weighted by Crippen LogP contribution is -2.32. The van der Waals surface area contributed by atoms with Crippen molar-refractivity contribution in [3.63, 3.8) is 0 Å². The van der Waals surface area contributed by atoms with Gasteiger partial charge in [-0.25, -0.2) is 9.97 Å². The first-order valence-electron chi connectivity index (χ1n) is 17.0. The van der Waals surface area contributed by atoms with Crippen molar-refractivity contribution in [2.75, 3.05) is 0 Å². The second-order valence-electron chi connectivity index (χ2n) is 12.9. The Balaban J connectivity index is 1.16. The number of aromatic nitrogens is 2. The summed E-state index contributed by atoms with van der Waals surface area (Å²) in [7, 11) is 0. The normalized spacial score (nSPS) is 13.1. The van der Waals surface area contributed by atoms with E-state index in [0.29, 0.717) is 5.82 Å². The van der Waals surface area contributed by atoms with Gasteiger partial charge < -0.3 is 4.74 Å². The molecule has 2 heterocycles. The molecule has 0 fully saturated rings. The summed E-state index contributed by atoms with van der Waals surface area (Å²) in [5, 5.41) is 0. The third-order valence-corrected chi connectivity index (χ3v) is 10.2. The second kappa shape index (κ2) is 11.3. The minimum atomic E-state index is -0.537. The van der Waals surface area contributed by atoms with E-state index in [4.69, 9.17) is 14.7 Å². The summed E-state index contributed by atoms with van der Waals surface area (Å²) in [6.45, 7) is 0. The molecular formula is C47H30N2O. The van der Waals surface area contributed by atoms with Gasteiger partial charge in [-0.1, -0.05) is 164 Å². The van der Waals surface area contributed by atoms with Crippen LogP contribution in [0.5, 0.6) is 11.5 Å². The molecule has 50 heavy (non-hydrogen) atoms. The zero-order valence-electron chi connectivity index (χ0n) is 27.1. The Hall–Kier alpha value is -6.58. The molecule has 1 aliphatic heterocycles. The molecule has 1 aliphatic carbocycles. The minimum Gasteiger partial charge on any atom is -0.457 e. The molecule has 0 saturated heterocycles. The first kappa shape index (κ1) is 28.4. The smallest absolute Gasteiger partial charge is 0.160 e. The summed E-state index contributed by atoms with van der Waals surface area (Å²) in [6.07, 6.45) is 0. The maximum Gasteiger partial charge on any atom is 0.160 e. The van der Waals surface area contributed by atoms with Crippen molar-refractivity contribution in [1.29, 1.82) is 0 Å². The van der Waals surface area contributed by atoms with E-state index in [-0.39, 0.29) is 0 Å². The molecule has 0 N–H and O–H groups in total. The van der Waals surface area contributed by atoms with E-state index >= 15 is 0 Å². The molecule has 3 heteroatoms. The molecule has 234 valence electrons. The van der Waals surface area contributed by atoms with Crippen molar-refractivity contribution < 1.29 is 4.74 Å². The lowest BCUT2D eigenvalue weighted by Gasteiger charge is -2.40. The van der Waals surface area contributed by atoms with Crippen molar-refractivity contribution in [3.05, 3.63) is 204 Å². The predicted molar refractivity (Wildman–Crippen MR) is 201 cm³/mol. The van der Waals surface area contributed by atoms with Crippen molar-refractivity contribution >= 4 is 0 Å². The zero-order valence-corrected chi connectivity index (χ0v) is 27.1. The van der Waals surface area contributed by atoms with Gasteiger partial charge in [0.15, 0.2) is 5.82 Å². The number of benzene rings is 7. The Kier molecular flexibility index (Phi) is 6.40. The number of nitrogens with zero attached hydrogens (tertiary/aromatic N) is 2. The van der Waals surface area contributed by atoms with E-state index in [9.17, 15) is 0 Å². The fourth-order valence-electron chi connectivity index (χ4n) is 8.04. The Morgan fingerprint density at radius 2 is 0.840 bits per heavy atom. The third-order valence-electron chi connectivity index (χ3n) is 10.2. The lowest BCUT2D eigenvalue weighted by atomic mass is 9.64. The first-order valence-corrected chi connectivity index (χ1v) is 17.0. The molecule has 1 spiro atoms. The highest BCUT2D eigenvalue weighted by Crippen LogP contribution is 2.63. The summed E-state index contributed by atoms with van der Waals surface area (Å²) >= 11 is 0. The van der Waals surface area contributed by atoms with Gasteiger partial charge in [0.2, 0.25) is 0 Å². The molecule has 0 unspecified atom stereocenters. The number of hydrogen-bond acceptors (Lipinski definition) is 3. The van der Waals surface area contributed by atoms with Crippen molar-refractivity contribution in [2.24, 2.45) is 0 Å². The summed E-state index contributed by atoms with van der Waals surface area (Å²) in [5.41, 5.74) is 14.1. The first-order chi connectivity index (χ1) is 24.8. The molecule has 7 aromatic carbocycles. The average Bonchev–Trinajstić information content (AvgIpc) is 3.49. The maximum atomic E-state index is 6.57. The quantitative estimate of drug-likeness (QED) is 0.192. The fraction of sp³-hybridized carbons (Fsp3) is 0.0213. The highest BCUT2D eigenvalue weighted by atomic mass is 16.5. The van der Waals surface area contributed by atoms with Crippen molar-refractivity contribution in [2.45, 2.75) is 5.41 Å². The molecule has 0 amide bonds. The number of fused-ring (bicyclic) bond motifs is 9. The number of ether oxygens (including phenoxy) is 1. The van der Waals surface area contributed by atoms with Gasteiger partial charge in [0.25, 0.3) is 0 Å². The molecule has 0 bridgehead atoms. The summed E-state index contributed by atoms with van der Waals surface area (Å²) < 4.78 is 6.57. The Morgan fingerprint density at radius 1 is 0.360 bits per heavy atom. The van der Waals surface area contributed by atoms with Gasteiger partial charge >= 0.3 is 0 Å². The second-order valence-corrected chi connectivity index (χ2v) is 12.9. The van der Waals surface area contributed by atoms with Gasteiger partial charge in [-0.2, -0.15) is 0 Å². The van der Waals surface area contributed by atoms with Crippen LogP contribution >= 0.6 is 0 Å². The molecule has 3 nitrogen and oxygen atoms in total. The van der Waals surface area contributed by atoms with E-state index in [1.165, 1.54) is 27.8 Å². The average molecular weight is 639 g/mol. The summed E-state index contributed by atoms with van der Waals surface area (Å²) in [6, 6.07) is 64.1.